The number of aliphatic hydroxyl groups is 1. The Morgan fingerprint density at radius 1 is 1.25 bits per heavy atom. The molecule has 0 spiro atoms. The molecule has 1 atom stereocenters. The van der Waals surface area contributed by atoms with E-state index in [1.807, 2.05) is 30.3 Å². The summed E-state index contributed by atoms with van der Waals surface area (Å²) in [5.41, 5.74) is 1.21. The molecule has 24 heavy (non-hydrogen) atoms. The van der Waals surface area contributed by atoms with Crippen LogP contribution < -0.4 is 4.90 Å². The van der Waals surface area contributed by atoms with E-state index in [0.717, 1.165) is 5.56 Å². The molecule has 2 aromatic rings. The van der Waals surface area contributed by atoms with E-state index in [1.165, 1.54) is 9.80 Å². The molecule has 6 nitrogen and oxygen atoms in total. The molecule has 1 N–H and O–H groups in total. The van der Waals surface area contributed by atoms with Crippen molar-refractivity contribution in [3.8, 4) is 24.2 Å². The van der Waals surface area contributed by atoms with Gasteiger partial charge in [-0.1, -0.05) is 30.0 Å². The normalized spacial score (nSPS) is 16.2. The summed E-state index contributed by atoms with van der Waals surface area (Å²) in [6.45, 7) is 0.0139. The van der Waals surface area contributed by atoms with Crippen LogP contribution in [0.4, 0.5) is 5.82 Å². The highest BCUT2D eigenvalue weighted by Crippen LogP contribution is 2.28. The fraction of sp³-hybridized carbons (Fsp3) is 0.222. The number of carbonyl (C=O) groups is 1. The molecule has 1 aromatic heterocycles. The molecule has 1 unspecified atom stereocenters. The van der Waals surface area contributed by atoms with E-state index in [9.17, 15) is 9.90 Å². The molecule has 3 rings (SSSR count). The first-order chi connectivity index (χ1) is 11.5. The molecule has 6 heteroatoms. The Bertz CT molecular complexity index is 883. The molecule has 0 fully saturated rings. The maximum Gasteiger partial charge on any atom is 0.278 e. The van der Waals surface area contributed by atoms with Crippen LogP contribution in [0.1, 0.15) is 21.9 Å². The van der Waals surface area contributed by atoms with Gasteiger partial charge in [0, 0.05) is 19.7 Å². The standard InChI is InChI=1S/C18H16N4O2/c1-4-12-22-17(23)15-16(21(3)18(22)24)19-14(20(15)2)11-10-13-8-6-5-7-9-13/h1,5-9,18,24H,12H2,2-3H3. The number of amides is 1. The van der Waals surface area contributed by atoms with Gasteiger partial charge in [-0.05, 0) is 18.1 Å². The number of nitrogens with zero attached hydrogens (tertiary/aromatic N) is 4. The second-order valence-electron chi connectivity index (χ2n) is 5.38. The lowest BCUT2D eigenvalue weighted by molar-refractivity contribution is 0.00937. The van der Waals surface area contributed by atoms with Crippen molar-refractivity contribution in [3.63, 3.8) is 0 Å². The number of rotatable bonds is 1. The van der Waals surface area contributed by atoms with Crippen molar-refractivity contribution in [3.05, 3.63) is 47.4 Å². The smallest absolute Gasteiger partial charge is 0.278 e. The van der Waals surface area contributed by atoms with E-state index in [0.29, 0.717) is 17.3 Å². The fourth-order valence-corrected chi connectivity index (χ4v) is 2.54. The van der Waals surface area contributed by atoms with Gasteiger partial charge in [-0.2, -0.15) is 0 Å². The van der Waals surface area contributed by atoms with E-state index in [-0.39, 0.29) is 12.5 Å². The SMILES string of the molecule is C#CCN1C(=O)c2c(nc(C#Cc3ccccc3)n2C)N(C)C1O. The van der Waals surface area contributed by atoms with Crippen molar-refractivity contribution < 1.29 is 9.90 Å². The Morgan fingerprint density at radius 3 is 2.62 bits per heavy atom. The summed E-state index contributed by atoms with van der Waals surface area (Å²) in [6, 6.07) is 9.51. The lowest BCUT2D eigenvalue weighted by Crippen LogP contribution is -2.54. The third-order valence-corrected chi connectivity index (χ3v) is 3.85. The van der Waals surface area contributed by atoms with Crippen LogP contribution in [-0.2, 0) is 7.05 Å². The fourth-order valence-electron chi connectivity index (χ4n) is 2.54. The van der Waals surface area contributed by atoms with Crippen LogP contribution in [0.15, 0.2) is 30.3 Å². The van der Waals surface area contributed by atoms with E-state index in [2.05, 4.69) is 22.7 Å². The molecule has 0 radical (unpaired) electrons. The topological polar surface area (TPSA) is 61.6 Å². The maximum absolute atomic E-state index is 12.6. The van der Waals surface area contributed by atoms with Gasteiger partial charge in [0.15, 0.2) is 17.3 Å². The van der Waals surface area contributed by atoms with Crippen molar-refractivity contribution >= 4 is 11.7 Å². The summed E-state index contributed by atoms with van der Waals surface area (Å²) < 4.78 is 1.62. The molecule has 0 saturated carbocycles. The molecule has 120 valence electrons. The molecular weight excluding hydrogens is 304 g/mol. The predicted octanol–water partition coefficient (Wildman–Crippen LogP) is 0.621. The Balaban J connectivity index is 2.04. The summed E-state index contributed by atoms with van der Waals surface area (Å²) >= 11 is 0. The first kappa shape index (κ1) is 15.7. The van der Waals surface area contributed by atoms with Crippen LogP contribution in [0.3, 0.4) is 0 Å². The van der Waals surface area contributed by atoms with E-state index in [4.69, 9.17) is 6.42 Å². The number of aromatic nitrogens is 2. The number of imidazole rings is 1. The van der Waals surface area contributed by atoms with Crippen LogP contribution in [0, 0.1) is 24.2 Å². The van der Waals surface area contributed by atoms with Gasteiger partial charge < -0.3 is 14.6 Å². The van der Waals surface area contributed by atoms with Crippen molar-refractivity contribution in [2.45, 2.75) is 6.35 Å². The Hall–Kier alpha value is -3.22. The molecule has 1 aliphatic rings. The molecule has 1 aromatic carbocycles. The Morgan fingerprint density at radius 2 is 1.96 bits per heavy atom. The van der Waals surface area contributed by atoms with Gasteiger partial charge in [-0.15, -0.1) is 6.42 Å². The number of aliphatic hydroxyl groups excluding tert-OH is 1. The third-order valence-electron chi connectivity index (χ3n) is 3.85. The first-order valence-corrected chi connectivity index (χ1v) is 7.33. The van der Waals surface area contributed by atoms with Crippen molar-refractivity contribution in [2.75, 3.05) is 18.5 Å². The molecule has 0 saturated heterocycles. The summed E-state index contributed by atoms with van der Waals surface area (Å²) in [5, 5.41) is 10.2. The summed E-state index contributed by atoms with van der Waals surface area (Å²) in [7, 11) is 3.37. The van der Waals surface area contributed by atoms with Gasteiger partial charge in [0.05, 0.1) is 6.54 Å². The summed E-state index contributed by atoms with van der Waals surface area (Å²) in [4.78, 5) is 19.7. The van der Waals surface area contributed by atoms with Gasteiger partial charge in [-0.3, -0.25) is 9.69 Å². The van der Waals surface area contributed by atoms with E-state index in [1.54, 1.807) is 18.7 Å². The predicted molar refractivity (Wildman–Crippen MR) is 89.9 cm³/mol. The molecular formula is C18H16N4O2. The van der Waals surface area contributed by atoms with Crippen molar-refractivity contribution in [1.82, 2.24) is 14.5 Å². The number of benzene rings is 1. The van der Waals surface area contributed by atoms with E-state index < -0.39 is 6.35 Å². The molecule has 0 aliphatic carbocycles. The average Bonchev–Trinajstić information content (AvgIpc) is 2.93. The zero-order chi connectivity index (χ0) is 17.3. The molecule has 1 aliphatic heterocycles. The van der Waals surface area contributed by atoms with Crippen LogP contribution in [0.25, 0.3) is 0 Å². The Labute approximate surface area is 140 Å². The summed E-state index contributed by atoms with van der Waals surface area (Å²) in [5.74, 6) is 8.84. The van der Waals surface area contributed by atoms with Crippen LogP contribution in [0.5, 0.6) is 0 Å². The number of anilines is 1. The van der Waals surface area contributed by atoms with Crippen LogP contribution in [-0.4, -0.2) is 45.4 Å². The molecule has 2 heterocycles. The minimum atomic E-state index is -1.15. The quantitative estimate of drug-likeness (QED) is 0.783. The van der Waals surface area contributed by atoms with Crippen LogP contribution >= 0.6 is 0 Å². The number of terminal acetylenes is 1. The lowest BCUT2D eigenvalue weighted by Gasteiger charge is -2.37. The second kappa shape index (κ2) is 6.11. The molecule has 1 amide bonds. The second-order valence-corrected chi connectivity index (χ2v) is 5.38. The number of fused-ring (bicyclic) bond motifs is 1. The van der Waals surface area contributed by atoms with Crippen molar-refractivity contribution in [2.24, 2.45) is 7.05 Å². The zero-order valence-electron chi connectivity index (χ0n) is 13.4. The minimum Gasteiger partial charge on any atom is -0.356 e. The Kier molecular flexibility index (Phi) is 3.99. The number of hydrogen-bond donors (Lipinski definition) is 1. The van der Waals surface area contributed by atoms with Gasteiger partial charge in [0.1, 0.15) is 0 Å². The first-order valence-electron chi connectivity index (χ1n) is 7.33. The minimum absolute atomic E-state index is 0.0139. The average molecular weight is 320 g/mol. The highest BCUT2D eigenvalue weighted by Gasteiger charge is 2.38. The largest absolute Gasteiger partial charge is 0.356 e. The number of hydrogen-bond acceptors (Lipinski definition) is 4. The number of carbonyl (C=O) groups excluding carboxylic acids is 1. The third kappa shape index (κ3) is 2.50. The zero-order valence-corrected chi connectivity index (χ0v) is 13.4. The molecule has 0 bridgehead atoms. The monoisotopic (exact) mass is 320 g/mol. The van der Waals surface area contributed by atoms with Crippen LogP contribution in [0.2, 0.25) is 0 Å². The summed E-state index contributed by atoms with van der Waals surface area (Å²) in [6.07, 6.45) is 4.14. The van der Waals surface area contributed by atoms with Gasteiger partial charge >= 0.3 is 0 Å². The van der Waals surface area contributed by atoms with Crippen molar-refractivity contribution in [1.29, 1.82) is 0 Å². The highest BCUT2D eigenvalue weighted by atomic mass is 16.3. The lowest BCUT2D eigenvalue weighted by atomic mass is 10.2. The van der Waals surface area contributed by atoms with E-state index >= 15 is 0 Å². The highest BCUT2D eigenvalue weighted by molar-refractivity contribution is 5.99. The van der Waals surface area contributed by atoms with Gasteiger partial charge in [0.25, 0.3) is 5.91 Å². The maximum atomic E-state index is 12.6. The van der Waals surface area contributed by atoms with Gasteiger partial charge in [0.2, 0.25) is 6.35 Å². The van der Waals surface area contributed by atoms with Gasteiger partial charge in [-0.25, -0.2) is 4.98 Å².